The van der Waals surface area contributed by atoms with Crippen LogP contribution >= 0.6 is 22.9 Å². The van der Waals surface area contributed by atoms with E-state index in [-0.39, 0.29) is 11.5 Å². The van der Waals surface area contributed by atoms with E-state index in [9.17, 15) is 9.90 Å². The fourth-order valence-electron chi connectivity index (χ4n) is 2.25. The summed E-state index contributed by atoms with van der Waals surface area (Å²) in [5.74, 6) is -1.03. The Morgan fingerprint density at radius 1 is 1.19 bits per heavy atom. The first-order chi connectivity index (χ1) is 12.5. The van der Waals surface area contributed by atoms with Crippen LogP contribution in [0, 0.1) is 0 Å². The minimum Gasteiger partial charge on any atom is -0.477 e. The molecule has 1 aromatic heterocycles. The minimum atomic E-state index is -1.03. The van der Waals surface area contributed by atoms with E-state index >= 15 is 0 Å². The van der Waals surface area contributed by atoms with Crippen molar-refractivity contribution in [2.24, 2.45) is 5.16 Å². The van der Waals surface area contributed by atoms with Crippen molar-refractivity contribution in [3.05, 3.63) is 75.8 Å². The number of oxime groups is 1. The number of thiazole rings is 1. The van der Waals surface area contributed by atoms with Crippen LogP contribution < -0.4 is 0 Å². The lowest BCUT2D eigenvalue weighted by atomic mass is 10.1. The summed E-state index contributed by atoms with van der Waals surface area (Å²) in [6.45, 7) is 1.79. The molecule has 0 spiro atoms. The van der Waals surface area contributed by atoms with Crippen LogP contribution in [0.25, 0.3) is 10.6 Å². The van der Waals surface area contributed by atoms with Gasteiger partial charge in [-0.25, -0.2) is 9.78 Å². The number of carboxylic acids is 1. The molecule has 1 N–H and O–H groups in total. The molecule has 7 heteroatoms. The van der Waals surface area contributed by atoms with Crippen molar-refractivity contribution >= 4 is 34.6 Å². The van der Waals surface area contributed by atoms with Gasteiger partial charge in [0, 0.05) is 10.6 Å². The first-order valence-corrected chi connectivity index (χ1v) is 8.95. The second-order valence-electron chi connectivity index (χ2n) is 5.42. The van der Waals surface area contributed by atoms with Gasteiger partial charge in [0.2, 0.25) is 0 Å². The number of carboxylic acid groups (broad SMARTS) is 1. The molecule has 0 bridgehead atoms. The van der Waals surface area contributed by atoms with Crippen molar-refractivity contribution in [1.29, 1.82) is 0 Å². The number of aromatic nitrogens is 1. The van der Waals surface area contributed by atoms with Gasteiger partial charge in [0.25, 0.3) is 0 Å². The molecule has 0 saturated carbocycles. The Balaban J connectivity index is 1.77. The van der Waals surface area contributed by atoms with Crippen LogP contribution in [0.15, 0.2) is 59.8 Å². The molecule has 0 unspecified atom stereocenters. The average molecular weight is 387 g/mol. The van der Waals surface area contributed by atoms with Crippen LogP contribution in [-0.4, -0.2) is 21.8 Å². The number of carbonyl (C=O) groups is 1. The molecule has 0 amide bonds. The standard InChI is InChI=1S/C19H15ClN2O3S/c1-12(13-7-9-15(20)10-8-13)22-25-11-16-17(19(23)24)26-18(21-16)14-5-3-2-4-6-14/h2-10H,11H2,1H3,(H,23,24). The van der Waals surface area contributed by atoms with E-state index in [1.165, 1.54) is 0 Å². The number of halogens is 1. The fourth-order valence-corrected chi connectivity index (χ4v) is 3.29. The topological polar surface area (TPSA) is 71.8 Å². The van der Waals surface area contributed by atoms with E-state index in [1.54, 1.807) is 19.1 Å². The molecule has 0 atom stereocenters. The van der Waals surface area contributed by atoms with Gasteiger partial charge in [-0.1, -0.05) is 59.2 Å². The summed E-state index contributed by atoms with van der Waals surface area (Å²) in [5.41, 5.74) is 2.76. The van der Waals surface area contributed by atoms with E-state index in [0.717, 1.165) is 22.5 Å². The number of nitrogens with zero attached hydrogens (tertiary/aromatic N) is 2. The molecule has 2 aromatic carbocycles. The SMILES string of the molecule is CC(=NOCc1nc(-c2ccccc2)sc1C(=O)O)c1ccc(Cl)cc1. The maximum atomic E-state index is 11.5. The molecule has 132 valence electrons. The normalized spacial score (nSPS) is 11.4. The highest BCUT2D eigenvalue weighted by Crippen LogP contribution is 2.28. The zero-order valence-corrected chi connectivity index (χ0v) is 15.4. The van der Waals surface area contributed by atoms with Gasteiger partial charge in [0.05, 0.1) is 5.71 Å². The number of benzene rings is 2. The van der Waals surface area contributed by atoms with Crippen LogP contribution in [0.5, 0.6) is 0 Å². The van der Waals surface area contributed by atoms with Crippen LogP contribution in [-0.2, 0) is 11.4 Å². The van der Waals surface area contributed by atoms with Gasteiger partial charge >= 0.3 is 5.97 Å². The molecular formula is C19H15ClN2O3S. The van der Waals surface area contributed by atoms with E-state index in [2.05, 4.69) is 10.1 Å². The molecule has 0 saturated heterocycles. The molecule has 5 nitrogen and oxygen atoms in total. The second-order valence-corrected chi connectivity index (χ2v) is 6.86. The van der Waals surface area contributed by atoms with Crippen molar-refractivity contribution in [2.45, 2.75) is 13.5 Å². The third-order valence-corrected chi connectivity index (χ3v) is 4.96. The van der Waals surface area contributed by atoms with E-state index in [0.29, 0.717) is 21.4 Å². The predicted octanol–water partition coefficient (Wildman–Crippen LogP) is 5.10. The van der Waals surface area contributed by atoms with Crippen molar-refractivity contribution < 1.29 is 14.7 Å². The fraction of sp³-hybridized carbons (Fsp3) is 0.105. The van der Waals surface area contributed by atoms with Crippen molar-refractivity contribution in [3.8, 4) is 10.6 Å². The smallest absolute Gasteiger partial charge is 0.347 e. The highest BCUT2D eigenvalue weighted by molar-refractivity contribution is 7.17. The van der Waals surface area contributed by atoms with Gasteiger partial charge in [-0.05, 0) is 24.6 Å². The van der Waals surface area contributed by atoms with Crippen LogP contribution in [0.3, 0.4) is 0 Å². The summed E-state index contributed by atoms with van der Waals surface area (Å²) < 4.78 is 0. The van der Waals surface area contributed by atoms with Gasteiger partial charge in [-0.3, -0.25) is 0 Å². The Morgan fingerprint density at radius 3 is 2.54 bits per heavy atom. The quantitative estimate of drug-likeness (QED) is 0.472. The van der Waals surface area contributed by atoms with Crippen molar-refractivity contribution in [2.75, 3.05) is 0 Å². The van der Waals surface area contributed by atoms with E-state index < -0.39 is 5.97 Å². The Morgan fingerprint density at radius 2 is 1.88 bits per heavy atom. The number of rotatable bonds is 6. The lowest BCUT2D eigenvalue weighted by Crippen LogP contribution is -2.01. The van der Waals surface area contributed by atoms with Gasteiger partial charge in [-0.2, -0.15) is 0 Å². The largest absolute Gasteiger partial charge is 0.477 e. The first kappa shape index (κ1) is 18.1. The molecule has 0 aliphatic heterocycles. The van der Waals surface area contributed by atoms with Gasteiger partial charge < -0.3 is 9.94 Å². The lowest BCUT2D eigenvalue weighted by molar-refractivity contribution is 0.0693. The predicted molar refractivity (Wildman–Crippen MR) is 103 cm³/mol. The van der Waals surface area contributed by atoms with E-state index in [1.807, 2.05) is 42.5 Å². The Kier molecular flexibility index (Phi) is 5.65. The first-order valence-electron chi connectivity index (χ1n) is 7.75. The monoisotopic (exact) mass is 386 g/mol. The van der Waals surface area contributed by atoms with E-state index in [4.69, 9.17) is 16.4 Å². The molecule has 0 radical (unpaired) electrons. The van der Waals surface area contributed by atoms with Crippen LogP contribution in [0.1, 0.15) is 27.9 Å². The zero-order chi connectivity index (χ0) is 18.5. The molecule has 26 heavy (non-hydrogen) atoms. The summed E-state index contributed by atoms with van der Waals surface area (Å²) in [7, 11) is 0. The number of hydrogen-bond donors (Lipinski definition) is 1. The Bertz CT molecular complexity index is 937. The number of aromatic carboxylic acids is 1. The Labute approximate surface area is 159 Å². The maximum Gasteiger partial charge on any atom is 0.347 e. The summed E-state index contributed by atoms with van der Waals surface area (Å²) in [6.07, 6.45) is 0. The van der Waals surface area contributed by atoms with Crippen LogP contribution in [0.2, 0.25) is 5.02 Å². The molecule has 3 aromatic rings. The van der Waals surface area contributed by atoms with Gasteiger partial charge in [0.1, 0.15) is 15.6 Å². The highest BCUT2D eigenvalue weighted by Gasteiger charge is 2.18. The zero-order valence-electron chi connectivity index (χ0n) is 13.8. The number of hydrogen-bond acceptors (Lipinski definition) is 5. The molecule has 0 aliphatic carbocycles. The average Bonchev–Trinajstić information content (AvgIpc) is 3.07. The molecular weight excluding hydrogens is 372 g/mol. The lowest BCUT2D eigenvalue weighted by Gasteiger charge is -2.02. The summed E-state index contributed by atoms with van der Waals surface area (Å²) in [5, 5.41) is 14.7. The summed E-state index contributed by atoms with van der Waals surface area (Å²) in [6, 6.07) is 16.6. The molecule has 3 rings (SSSR count). The van der Waals surface area contributed by atoms with Crippen LogP contribution in [0.4, 0.5) is 0 Å². The Hall–Kier alpha value is -2.70. The summed E-state index contributed by atoms with van der Waals surface area (Å²) in [4.78, 5) is 21.4. The van der Waals surface area contributed by atoms with Gasteiger partial charge in [-0.15, -0.1) is 11.3 Å². The molecule has 0 aliphatic rings. The molecule has 1 heterocycles. The van der Waals surface area contributed by atoms with Crippen molar-refractivity contribution in [1.82, 2.24) is 4.98 Å². The van der Waals surface area contributed by atoms with Crippen molar-refractivity contribution in [3.63, 3.8) is 0 Å². The second kappa shape index (κ2) is 8.12. The highest BCUT2D eigenvalue weighted by atomic mass is 35.5. The maximum absolute atomic E-state index is 11.5. The summed E-state index contributed by atoms with van der Waals surface area (Å²) >= 11 is 6.99. The third kappa shape index (κ3) is 4.28. The molecule has 0 fully saturated rings. The van der Waals surface area contributed by atoms with Gasteiger partial charge in [0.15, 0.2) is 6.61 Å². The third-order valence-electron chi connectivity index (χ3n) is 3.58. The minimum absolute atomic E-state index is 0.0180.